The highest BCUT2D eigenvalue weighted by atomic mass is 31.2. The van der Waals surface area contributed by atoms with Gasteiger partial charge in [-0.2, -0.15) is 0 Å². The molecule has 6 aromatic rings. The molecule has 6 heteroatoms. The van der Waals surface area contributed by atoms with Gasteiger partial charge in [-0.3, -0.25) is 0 Å². The third-order valence-corrected chi connectivity index (χ3v) is 16.5. The average molecular weight is 933 g/mol. The molecule has 0 aromatic heterocycles. The van der Waals surface area contributed by atoms with Crippen LogP contribution in [0.15, 0.2) is 97.1 Å². The minimum absolute atomic E-state index is 0.122. The summed E-state index contributed by atoms with van der Waals surface area (Å²) in [6.07, 6.45) is 1.89. The number of rotatable bonds is 6. The highest BCUT2D eigenvalue weighted by Crippen LogP contribution is 2.57. The molecule has 67 heavy (non-hydrogen) atoms. The number of benzene rings is 6. The SMILES string of the molecule is CCC1c2cc(C)cc(C(C)C)c2OP(c2ccc(-c3ccc(P4Oc5c(cc(C)cc5C(C)(C)C)C(CC)c5cc(C)cc(C(C)(C)C)c5O4)cc3)cc2)Oc2c1cc(C)cc2C(C)(C)C. The number of hydrogen-bond donors (Lipinski definition) is 0. The Labute approximate surface area is 406 Å². The van der Waals surface area contributed by atoms with E-state index in [-0.39, 0.29) is 28.1 Å². The minimum atomic E-state index is -1.55. The van der Waals surface area contributed by atoms with E-state index in [9.17, 15) is 0 Å². The van der Waals surface area contributed by atoms with Gasteiger partial charge < -0.3 is 18.1 Å². The second kappa shape index (κ2) is 18.4. The fourth-order valence-corrected chi connectivity index (χ4v) is 12.9. The van der Waals surface area contributed by atoms with Gasteiger partial charge in [0.15, 0.2) is 0 Å². The first-order valence-corrected chi connectivity index (χ1v) is 26.9. The average Bonchev–Trinajstić information content (AvgIpc) is 3.24. The second-order valence-electron chi connectivity index (χ2n) is 22.8. The molecule has 2 unspecified atom stereocenters. The normalized spacial score (nSPS) is 18.4. The van der Waals surface area contributed by atoms with E-state index in [1.807, 2.05) is 0 Å². The number of hydrogen-bond acceptors (Lipinski definition) is 4. The van der Waals surface area contributed by atoms with Crippen LogP contribution in [0, 0.1) is 27.7 Å². The molecule has 0 N–H and O–H groups in total. The van der Waals surface area contributed by atoms with Crippen LogP contribution in [-0.2, 0) is 16.2 Å². The lowest BCUT2D eigenvalue weighted by Crippen LogP contribution is -2.22. The fraction of sp³-hybridized carbons (Fsp3) is 0.410. The Bertz CT molecular complexity index is 2730. The van der Waals surface area contributed by atoms with Crippen LogP contribution in [0.1, 0.15) is 187 Å². The monoisotopic (exact) mass is 933 g/mol. The van der Waals surface area contributed by atoms with Crippen LogP contribution in [0.25, 0.3) is 11.1 Å². The quantitative estimate of drug-likeness (QED) is 0.156. The predicted molar refractivity (Wildman–Crippen MR) is 287 cm³/mol. The molecule has 2 aliphatic rings. The van der Waals surface area contributed by atoms with Crippen molar-refractivity contribution in [1.29, 1.82) is 0 Å². The van der Waals surface area contributed by atoms with Gasteiger partial charge in [-0.15, -0.1) is 0 Å². The molecule has 6 aromatic carbocycles. The van der Waals surface area contributed by atoms with Crippen molar-refractivity contribution in [2.75, 3.05) is 0 Å². The Hall–Kier alpha value is -4.62. The van der Waals surface area contributed by atoms with E-state index in [1.54, 1.807) is 0 Å². The molecule has 2 heterocycles. The lowest BCUT2D eigenvalue weighted by atomic mass is 9.77. The summed E-state index contributed by atoms with van der Waals surface area (Å²) in [6.45, 7) is 38.5. The molecule has 4 nitrogen and oxygen atoms in total. The van der Waals surface area contributed by atoms with E-state index in [0.29, 0.717) is 5.92 Å². The standard InChI is InChI=1S/C61H74O4P2/c1-18-45-48-29-37(5)28-47(36(3)4)55(48)62-66(63-56-49(45)30-38(6)33-52(56)59(9,10)11)43-24-20-41(21-25-43)42-22-26-44(27-23-42)67-64-57-50(31-39(7)34-53(57)60(12,13)14)46(19-2)51-32-40(8)35-54(58(51)65-67)61(15,16)17/h20-36,45-46H,18-19H2,1-17H3. The number of aryl methyl sites for hydroxylation is 4. The number of fused-ring (bicyclic) bond motifs is 4. The molecule has 0 saturated carbocycles. The predicted octanol–water partition coefficient (Wildman–Crippen LogP) is 17.5. The van der Waals surface area contributed by atoms with E-state index < -0.39 is 16.8 Å². The molecular weight excluding hydrogens is 859 g/mol. The summed E-state index contributed by atoms with van der Waals surface area (Å²) >= 11 is 0. The van der Waals surface area contributed by atoms with Gasteiger partial charge in [0, 0.05) is 50.8 Å². The maximum absolute atomic E-state index is 7.32. The van der Waals surface area contributed by atoms with Gasteiger partial charge in [0.05, 0.1) is 10.6 Å². The van der Waals surface area contributed by atoms with Crippen LogP contribution in [0.2, 0.25) is 0 Å². The van der Waals surface area contributed by atoms with Gasteiger partial charge in [-0.25, -0.2) is 0 Å². The topological polar surface area (TPSA) is 36.9 Å². The molecule has 0 bridgehead atoms. The van der Waals surface area contributed by atoms with Crippen LogP contribution >= 0.6 is 16.8 Å². The van der Waals surface area contributed by atoms with Crippen molar-refractivity contribution in [2.45, 2.75) is 165 Å². The third-order valence-electron chi connectivity index (χ3n) is 13.6. The lowest BCUT2D eigenvalue weighted by molar-refractivity contribution is 0.447. The van der Waals surface area contributed by atoms with Crippen molar-refractivity contribution in [3.8, 4) is 34.1 Å². The maximum Gasteiger partial charge on any atom is 0.326 e. The smallest absolute Gasteiger partial charge is 0.326 e. The zero-order valence-corrected chi connectivity index (χ0v) is 45.2. The second-order valence-corrected chi connectivity index (χ2v) is 25.6. The van der Waals surface area contributed by atoms with Gasteiger partial charge in [-0.1, -0.05) is 185 Å². The highest BCUT2D eigenvalue weighted by molar-refractivity contribution is 7.57. The summed E-state index contributed by atoms with van der Waals surface area (Å²) < 4.78 is 29.2. The summed E-state index contributed by atoms with van der Waals surface area (Å²) in [5.41, 5.74) is 16.8. The first-order chi connectivity index (χ1) is 31.5. The largest absolute Gasteiger partial charge is 0.435 e. The zero-order valence-electron chi connectivity index (χ0n) is 43.4. The maximum atomic E-state index is 7.32. The molecule has 0 amide bonds. The van der Waals surface area contributed by atoms with Crippen molar-refractivity contribution >= 4 is 27.4 Å². The van der Waals surface area contributed by atoms with E-state index in [1.165, 1.54) is 66.8 Å². The van der Waals surface area contributed by atoms with Crippen LogP contribution in [0.5, 0.6) is 23.0 Å². The Morgan fingerprint density at radius 2 is 0.701 bits per heavy atom. The van der Waals surface area contributed by atoms with Crippen LogP contribution < -0.4 is 28.7 Å². The Balaban J connectivity index is 1.19. The molecular formula is C61H74O4P2. The summed E-state index contributed by atoms with van der Waals surface area (Å²) in [5, 5.41) is 2.07. The van der Waals surface area contributed by atoms with Gasteiger partial charge in [0.25, 0.3) is 0 Å². The molecule has 0 aliphatic carbocycles. The summed E-state index contributed by atoms with van der Waals surface area (Å²) in [4.78, 5) is 0. The van der Waals surface area contributed by atoms with Gasteiger partial charge in [0.2, 0.25) is 0 Å². The minimum Gasteiger partial charge on any atom is -0.435 e. The van der Waals surface area contributed by atoms with Crippen LogP contribution in [0.4, 0.5) is 0 Å². The third kappa shape index (κ3) is 9.70. The van der Waals surface area contributed by atoms with Gasteiger partial charge >= 0.3 is 16.8 Å². The Morgan fingerprint density at radius 1 is 0.418 bits per heavy atom. The van der Waals surface area contributed by atoms with Gasteiger partial charge in [0.1, 0.15) is 23.0 Å². The highest BCUT2D eigenvalue weighted by Gasteiger charge is 2.38. The fourth-order valence-electron chi connectivity index (χ4n) is 10.1. The molecule has 0 saturated heterocycles. The van der Waals surface area contributed by atoms with E-state index >= 15 is 0 Å². The Kier molecular flexibility index (Phi) is 13.4. The van der Waals surface area contributed by atoms with Crippen LogP contribution in [-0.4, -0.2) is 0 Å². The summed E-state index contributed by atoms with van der Waals surface area (Å²) in [5.74, 6) is 4.47. The van der Waals surface area contributed by atoms with Crippen molar-refractivity contribution < 1.29 is 18.1 Å². The summed E-state index contributed by atoms with van der Waals surface area (Å²) in [7, 11) is -3.09. The van der Waals surface area contributed by atoms with Crippen molar-refractivity contribution in [3.05, 3.63) is 164 Å². The Morgan fingerprint density at radius 3 is 0.985 bits per heavy atom. The molecule has 352 valence electrons. The molecule has 2 atom stereocenters. The first kappa shape index (κ1) is 48.8. The van der Waals surface area contributed by atoms with E-state index in [4.69, 9.17) is 18.1 Å². The van der Waals surface area contributed by atoms with Crippen molar-refractivity contribution in [2.24, 2.45) is 0 Å². The lowest BCUT2D eigenvalue weighted by Gasteiger charge is -2.36. The molecule has 8 rings (SSSR count). The van der Waals surface area contributed by atoms with Crippen molar-refractivity contribution in [3.63, 3.8) is 0 Å². The van der Waals surface area contributed by atoms with Crippen molar-refractivity contribution in [1.82, 2.24) is 0 Å². The van der Waals surface area contributed by atoms with Crippen LogP contribution in [0.3, 0.4) is 0 Å². The zero-order chi connectivity index (χ0) is 48.5. The van der Waals surface area contributed by atoms with Gasteiger partial charge in [-0.05, 0) is 104 Å². The van der Waals surface area contributed by atoms with E-state index in [2.05, 4.69) is 215 Å². The molecule has 0 fully saturated rings. The first-order valence-electron chi connectivity index (χ1n) is 24.6. The molecule has 2 aliphatic heterocycles. The molecule has 0 spiro atoms. The summed E-state index contributed by atoms with van der Waals surface area (Å²) in [6, 6.07) is 36.4. The molecule has 0 radical (unpaired) electrons. The van der Waals surface area contributed by atoms with E-state index in [0.717, 1.165) is 57.6 Å².